The molecular formula is C18H26ClNO3. The van der Waals surface area contributed by atoms with Gasteiger partial charge in [0.1, 0.15) is 5.60 Å². The number of aromatic nitrogens is 1. The number of ether oxygens (including phenoxy) is 1. The molecule has 1 aliphatic rings. The SMILES string of the molecule is CCCCOC(=O)C1CCC([C@](C)(O)c2ccc(Cl)cn2)CC1. The highest BCUT2D eigenvalue weighted by molar-refractivity contribution is 6.30. The van der Waals surface area contributed by atoms with Gasteiger partial charge >= 0.3 is 5.97 Å². The van der Waals surface area contributed by atoms with Crippen molar-refractivity contribution in [2.45, 2.75) is 58.0 Å². The van der Waals surface area contributed by atoms with Crippen LogP contribution in [0.4, 0.5) is 0 Å². The molecule has 0 spiro atoms. The lowest BCUT2D eigenvalue weighted by atomic mass is 9.73. The summed E-state index contributed by atoms with van der Waals surface area (Å²) < 4.78 is 5.31. The van der Waals surface area contributed by atoms with Gasteiger partial charge in [-0.3, -0.25) is 9.78 Å². The van der Waals surface area contributed by atoms with E-state index in [1.165, 1.54) is 0 Å². The van der Waals surface area contributed by atoms with Crippen LogP contribution in [0.1, 0.15) is 58.1 Å². The largest absolute Gasteiger partial charge is 0.465 e. The molecule has 1 fully saturated rings. The van der Waals surface area contributed by atoms with Gasteiger partial charge in [0.25, 0.3) is 0 Å². The fourth-order valence-corrected chi connectivity index (χ4v) is 3.32. The Morgan fingerprint density at radius 2 is 2.09 bits per heavy atom. The second-order valence-corrected chi connectivity index (χ2v) is 7.02. The Morgan fingerprint density at radius 3 is 2.65 bits per heavy atom. The average molecular weight is 340 g/mol. The number of carbonyl (C=O) groups is 1. The van der Waals surface area contributed by atoms with Crippen LogP contribution in [0.3, 0.4) is 0 Å². The van der Waals surface area contributed by atoms with Crippen LogP contribution < -0.4 is 0 Å². The maximum atomic E-state index is 12.0. The molecule has 2 rings (SSSR count). The zero-order valence-corrected chi connectivity index (χ0v) is 14.7. The molecule has 1 N–H and O–H groups in total. The summed E-state index contributed by atoms with van der Waals surface area (Å²) in [5, 5.41) is 11.4. The standard InChI is InChI=1S/C18H26ClNO3/c1-3-4-11-23-17(21)13-5-7-14(8-6-13)18(2,22)16-10-9-15(19)12-20-16/h9-10,12-14,22H,3-8,11H2,1-2H3/t13?,14?,18-/m0/s1. The van der Waals surface area contributed by atoms with Crippen molar-refractivity contribution in [1.29, 1.82) is 0 Å². The summed E-state index contributed by atoms with van der Waals surface area (Å²) in [6.07, 6.45) is 6.62. The maximum absolute atomic E-state index is 12.0. The fourth-order valence-electron chi connectivity index (χ4n) is 3.21. The summed E-state index contributed by atoms with van der Waals surface area (Å²) in [6.45, 7) is 4.39. The quantitative estimate of drug-likeness (QED) is 0.626. The van der Waals surface area contributed by atoms with Gasteiger partial charge in [-0.1, -0.05) is 24.9 Å². The van der Waals surface area contributed by atoms with E-state index in [-0.39, 0.29) is 17.8 Å². The van der Waals surface area contributed by atoms with Gasteiger partial charge in [0.15, 0.2) is 0 Å². The zero-order chi connectivity index (χ0) is 16.9. The first-order valence-corrected chi connectivity index (χ1v) is 8.84. The molecule has 0 bridgehead atoms. The van der Waals surface area contributed by atoms with Crippen molar-refractivity contribution in [2.75, 3.05) is 6.61 Å². The van der Waals surface area contributed by atoms with E-state index >= 15 is 0 Å². The third-order valence-electron chi connectivity index (χ3n) is 4.84. The second-order valence-electron chi connectivity index (χ2n) is 6.58. The molecule has 1 aromatic heterocycles. The molecule has 1 aliphatic carbocycles. The lowest BCUT2D eigenvalue weighted by Gasteiger charge is -2.37. The first-order chi connectivity index (χ1) is 10.9. The predicted octanol–water partition coefficient (Wildman–Crippen LogP) is 4.09. The molecule has 1 heterocycles. The van der Waals surface area contributed by atoms with Crippen LogP contribution in [-0.4, -0.2) is 22.7 Å². The van der Waals surface area contributed by atoms with Crippen molar-refractivity contribution >= 4 is 17.6 Å². The molecular weight excluding hydrogens is 314 g/mol. The molecule has 0 unspecified atom stereocenters. The third kappa shape index (κ3) is 4.67. The minimum atomic E-state index is -0.998. The summed E-state index contributed by atoms with van der Waals surface area (Å²) in [4.78, 5) is 16.3. The van der Waals surface area contributed by atoms with Gasteiger partial charge in [-0.2, -0.15) is 0 Å². The molecule has 0 saturated heterocycles. The minimum absolute atomic E-state index is 0.0305. The van der Waals surface area contributed by atoms with Gasteiger partial charge in [-0.25, -0.2) is 0 Å². The first kappa shape index (κ1) is 18.2. The van der Waals surface area contributed by atoms with Gasteiger partial charge < -0.3 is 9.84 Å². The van der Waals surface area contributed by atoms with Gasteiger partial charge in [0, 0.05) is 6.20 Å². The van der Waals surface area contributed by atoms with Gasteiger partial charge in [-0.15, -0.1) is 0 Å². The molecule has 4 nitrogen and oxygen atoms in total. The maximum Gasteiger partial charge on any atom is 0.308 e. The van der Waals surface area contributed by atoms with E-state index in [1.807, 2.05) is 0 Å². The Kier molecular flexibility index (Phi) is 6.42. The fraction of sp³-hybridized carbons (Fsp3) is 0.667. The third-order valence-corrected chi connectivity index (χ3v) is 5.07. The van der Waals surface area contributed by atoms with Crippen molar-refractivity contribution in [3.63, 3.8) is 0 Å². The predicted molar refractivity (Wildman–Crippen MR) is 90.1 cm³/mol. The molecule has 128 valence electrons. The number of hydrogen-bond acceptors (Lipinski definition) is 4. The van der Waals surface area contributed by atoms with Crippen LogP contribution in [0.15, 0.2) is 18.3 Å². The van der Waals surface area contributed by atoms with Crippen molar-refractivity contribution in [1.82, 2.24) is 4.98 Å². The number of nitrogens with zero attached hydrogens (tertiary/aromatic N) is 1. The first-order valence-electron chi connectivity index (χ1n) is 8.46. The highest BCUT2D eigenvalue weighted by atomic mass is 35.5. The lowest BCUT2D eigenvalue weighted by Crippen LogP contribution is -2.37. The normalized spacial score (nSPS) is 24.0. The Bertz CT molecular complexity index is 508. The summed E-state index contributed by atoms with van der Waals surface area (Å²) in [5.74, 6) is -0.0193. The van der Waals surface area contributed by atoms with E-state index in [2.05, 4.69) is 11.9 Å². The minimum Gasteiger partial charge on any atom is -0.465 e. The molecule has 0 aliphatic heterocycles. The summed E-state index contributed by atoms with van der Waals surface area (Å²) in [6, 6.07) is 3.52. The number of pyridine rings is 1. The van der Waals surface area contributed by atoms with Crippen LogP contribution >= 0.6 is 11.6 Å². The molecule has 5 heteroatoms. The monoisotopic (exact) mass is 339 g/mol. The number of rotatable bonds is 6. The van der Waals surface area contributed by atoms with E-state index in [9.17, 15) is 9.90 Å². The van der Waals surface area contributed by atoms with Crippen LogP contribution in [0.5, 0.6) is 0 Å². The van der Waals surface area contributed by atoms with E-state index in [0.717, 1.165) is 38.5 Å². The number of esters is 1. The summed E-state index contributed by atoms with van der Waals surface area (Å²) in [5.41, 5.74) is -0.363. The molecule has 1 saturated carbocycles. The topological polar surface area (TPSA) is 59.4 Å². The van der Waals surface area contributed by atoms with Gasteiger partial charge in [-0.05, 0) is 57.1 Å². The van der Waals surface area contributed by atoms with Crippen molar-refractivity contribution in [3.8, 4) is 0 Å². The Hall–Kier alpha value is -1.13. The summed E-state index contributed by atoms with van der Waals surface area (Å²) in [7, 11) is 0. The van der Waals surface area contributed by atoms with Crippen LogP contribution in [0, 0.1) is 11.8 Å². The molecule has 0 aromatic carbocycles. The zero-order valence-electron chi connectivity index (χ0n) is 13.9. The molecule has 1 aromatic rings. The average Bonchev–Trinajstić information content (AvgIpc) is 2.55. The van der Waals surface area contributed by atoms with Crippen LogP contribution in [0.2, 0.25) is 5.02 Å². The van der Waals surface area contributed by atoms with E-state index < -0.39 is 5.60 Å². The number of aliphatic hydroxyl groups is 1. The van der Waals surface area contributed by atoms with Crippen molar-refractivity contribution < 1.29 is 14.6 Å². The highest BCUT2D eigenvalue weighted by Crippen LogP contribution is 2.40. The van der Waals surface area contributed by atoms with Gasteiger partial charge in [0.2, 0.25) is 0 Å². The Morgan fingerprint density at radius 1 is 1.39 bits per heavy atom. The van der Waals surface area contributed by atoms with Crippen LogP contribution in [-0.2, 0) is 15.1 Å². The van der Waals surface area contributed by atoms with Crippen molar-refractivity contribution in [2.24, 2.45) is 11.8 Å². The molecule has 1 atom stereocenters. The number of unbranched alkanes of at least 4 members (excludes halogenated alkanes) is 1. The number of hydrogen-bond donors (Lipinski definition) is 1. The number of halogens is 1. The molecule has 23 heavy (non-hydrogen) atoms. The van der Waals surface area contributed by atoms with Crippen LogP contribution in [0.25, 0.3) is 0 Å². The summed E-state index contributed by atoms with van der Waals surface area (Å²) >= 11 is 5.86. The Balaban J connectivity index is 1.90. The highest BCUT2D eigenvalue weighted by Gasteiger charge is 2.39. The Labute approximate surface area is 143 Å². The molecule has 0 radical (unpaired) electrons. The lowest BCUT2D eigenvalue weighted by molar-refractivity contribution is -0.151. The van der Waals surface area contributed by atoms with E-state index in [4.69, 9.17) is 16.3 Å². The second kappa shape index (κ2) is 8.11. The van der Waals surface area contributed by atoms with Gasteiger partial charge in [0.05, 0.1) is 23.2 Å². The number of carbonyl (C=O) groups excluding carboxylic acids is 1. The molecule has 0 amide bonds. The smallest absolute Gasteiger partial charge is 0.308 e. The van der Waals surface area contributed by atoms with Crippen molar-refractivity contribution in [3.05, 3.63) is 29.0 Å². The van der Waals surface area contributed by atoms with E-state index in [0.29, 0.717) is 17.3 Å². The van der Waals surface area contributed by atoms with E-state index in [1.54, 1.807) is 25.3 Å².